The van der Waals surface area contributed by atoms with Crippen molar-refractivity contribution >= 4 is 35.5 Å². The van der Waals surface area contributed by atoms with Crippen molar-refractivity contribution in [2.24, 2.45) is 0 Å². The molecule has 1 atom stereocenters. The Morgan fingerprint density at radius 1 is 1.32 bits per heavy atom. The molecule has 3 amide bonds. The molecule has 1 fully saturated rings. The summed E-state index contributed by atoms with van der Waals surface area (Å²) in [7, 11) is 0. The van der Waals surface area contributed by atoms with Crippen LogP contribution < -0.4 is 5.32 Å². The molecule has 0 aromatic heterocycles. The lowest BCUT2D eigenvalue weighted by Gasteiger charge is -2.20. The molecule has 1 N–H and O–H groups in total. The van der Waals surface area contributed by atoms with Crippen molar-refractivity contribution in [3.05, 3.63) is 0 Å². The van der Waals surface area contributed by atoms with Crippen LogP contribution in [0, 0.1) is 0 Å². The van der Waals surface area contributed by atoms with Gasteiger partial charge in [0.2, 0.25) is 0 Å². The first-order valence-electron chi connectivity index (χ1n) is 6.11. The van der Waals surface area contributed by atoms with E-state index in [-0.39, 0.29) is 30.1 Å². The van der Waals surface area contributed by atoms with Gasteiger partial charge in [-0.15, -0.1) is 5.06 Å². The second-order valence-electron chi connectivity index (χ2n) is 4.30. The van der Waals surface area contributed by atoms with E-state index >= 15 is 0 Å². The van der Waals surface area contributed by atoms with Crippen LogP contribution in [0.2, 0.25) is 0 Å². The maximum absolute atomic E-state index is 12.2. The van der Waals surface area contributed by atoms with Crippen LogP contribution >= 0.6 is 11.8 Å². The summed E-state index contributed by atoms with van der Waals surface area (Å²) in [4.78, 5) is 49.8. The molecule has 1 aliphatic rings. The molecule has 0 aromatic carbocycles. The van der Waals surface area contributed by atoms with E-state index in [1.165, 1.54) is 17.1 Å². The fourth-order valence-corrected chi connectivity index (χ4v) is 2.01. The number of thioether (sulfide) groups is 1. The van der Waals surface area contributed by atoms with Gasteiger partial charge in [0.25, 0.3) is 11.8 Å². The topological polar surface area (TPSA) is 92.8 Å². The molecule has 7 nitrogen and oxygen atoms in total. The minimum Gasteiger partial charge on any atom is -0.335 e. The largest absolute Gasteiger partial charge is 0.471 e. The van der Waals surface area contributed by atoms with Crippen molar-refractivity contribution in [3.63, 3.8) is 0 Å². The molecule has 0 saturated carbocycles. The highest BCUT2D eigenvalue weighted by molar-refractivity contribution is 7.98. The Balaban J connectivity index is 2.73. The molecule has 22 heavy (non-hydrogen) atoms. The highest BCUT2D eigenvalue weighted by Gasteiger charge is 2.42. The SMILES string of the molecule is CSCCC(NC(=O)C(F)(F)F)C(=O)ON1C(=O)CCC1=O. The quantitative estimate of drug-likeness (QED) is 0.702. The van der Waals surface area contributed by atoms with E-state index in [1.807, 2.05) is 0 Å². The molecule has 0 aromatic rings. The first kappa shape index (κ1) is 18.3. The fraction of sp³-hybridized carbons (Fsp3) is 0.636. The summed E-state index contributed by atoms with van der Waals surface area (Å²) in [6.45, 7) is 0. The first-order valence-corrected chi connectivity index (χ1v) is 7.50. The number of alkyl halides is 3. The summed E-state index contributed by atoms with van der Waals surface area (Å²) in [6, 6.07) is -1.61. The number of rotatable bonds is 6. The Kier molecular flexibility index (Phi) is 6.21. The Bertz CT molecular complexity index is 467. The molecule has 1 unspecified atom stereocenters. The summed E-state index contributed by atoms with van der Waals surface area (Å²) in [5.41, 5.74) is 0. The highest BCUT2D eigenvalue weighted by atomic mass is 32.2. The van der Waals surface area contributed by atoms with Crippen LogP contribution in [0.4, 0.5) is 13.2 Å². The van der Waals surface area contributed by atoms with E-state index in [2.05, 4.69) is 4.84 Å². The average Bonchev–Trinajstić information content (AvgIpc) is 2.73. The molecule has 0 bridgehead atoms. The van der Waals surface area contributed by atoms with E-state index in [0.29, 0.717) is 0 Å². The number of carbonyl (C=O) groups excluding carboxylic acids is 4. The Morgan fingerprint density at radius 3 is 2.32 bits per heavy atom. The zero-order valence-electron chi connectivity index (χ0n) is 11.4. The van der Waals surface area contributed by atoms with Crippen molar-refractivity contribution in [2.45, 2.75) is 31.5 Å². The second kappa shape index (κ2) is 7.47. The van der Waals surface area contributed by atoms with E-state index in [4.69, 9.17) is 0 Å². The van der Waals surface area contributed by atoms with Crippen LogP contribution in [0.3, 0.4) is 0 Å². The third-order valence-electron chi connectivity index (χ3n) is 2.64. The normalized spacial score (nSPS) is 16.6. The van der Waals surface area contributed by atoms with Gasteiger partial charge in [-0.3, -0.25) is 14.4 Å². The van der Waals surface area contributed by atoms with Gasteiger partial charge in [0.1, 0.15) is 6.04 Å². The Hall–Kier alpha value is -1.78. The number of nitrogens with one attached hydrogen (secondary N) is 1. The lowest BCUT2D eigenvalue weighted by atomic mass is 10.2. The molecule has 0 aliphatic carbocycles. The van der Waals surface area contributed by atoms with E-state index in [0.717, 1.165) is 0 Å². The fourth-order valence-electron chi connectivity index (χ4n) is 1.54. The van der Waals surface area contributed by atoms with Gasteiger partial charge in [0.05, 0.1) is 0 Å². The van der Waals surface area contributed by atoms with Crippen molar-refractivity contribution in [1.82, 2.24) is 10.4 Å². The van der Waals surface area contributed by atoms with Crippen LogP contribution in [-0.4, -0.2) is 53.0 Å². The van der Waals surface area contributed by atoms with E-state index in [9.17, 15) is 32.3 Å². The van der Waals surface area contributed by atoms with Crippen molar-refractivity contribution in [3.8, 4) is 0 Å². The van der Waals surface area contributed by atoms with Crippen molar-refractivity contribution in [2.75, 3.05) is 12.0 Å². The number of hydrogen-bond donors (Lipinski definition) is 1. The smallest absolute Gasteiger partial charge is 0.335 e. The van der Waals surface area contributed by atoms with E-state index in [1.54, 1.807) is 6.26 Å². The molecule has 124 valence electrons. The van der Waals surface area contributed by atoms with Crippen molar-refractivity contribution < 1.29 is 37.2 Å². The molecule has 1 rings (SSSR count). The number of imide groups is 1. The molecular formula is C11H13F3N2O5S. The molecule has 0 radical (unpaired) electrons. The third kappa shape index (κ3) is 4.90. The van der Waals surface area contributed by atoms with Gasteiger partial charge in [-0.2, -0.15) is 24.9 Å². The molecule has 0 spiro atoms. The number of amides is 3. The van der Waals surface area contributed by atoms with Crippen LogP contribution in [0.15, 0.2) is 0 Å². The molecule has 1 heterocycles. The summed E-state index contributed by atoms with van der Waals surface area (Å²) in [5, 5.41) is 1.71. The predicted molar refractivity (Wildman–Crippen MR) is 68.2 cm³/mol. The van der Waals surface area contributed by atoms with Gasteiger partial charge in [0.15, 0.2) is 0 Å². The zero-order chi connectivity index (χ0) is 16.9. The van der Waals surface area contributed by atoms with Gasteiger partial charge in [0, 0.05) is 12.8 Å². The van der Waals surface area contributed by atoms with Crippen LogP contribution in [0.25, 0.3) is 0 Å². The predicted octanol–water partition coefficient (Wildman–Crippen LogP) is 0.394. The molecule has 1 saturated heterocycles. The van der Waals surface area contributed by atoms with Crippen LogP contribution in [0.5, 0.6) is 0 Å². The zero-order valence-corrected chi connectivity index (χ0v) is 12.3. The number of nitrogens with zero attached hydrogens (tertiary/aromatic N) is 1. The number of halogens is 3. The number of carbonyl (C=O) groups is 4. The monoisotopic (exact) mass is 342 g/mol. The Labute approximate surface area is 127 Å². The van der Waals surface area contributed by atoms with Crippen LogP contribution in [0.1, 0.15) is 19.3 Å². The van der Waals surface area contributed by atoms with Gasteiger partial charge < -0.3 is 10.2 Å². The standard InChI is InChI=1S/C11H13F3N2O5S/c1-22-5-4-6(15-10(20)11(12,13)14)9(19)21-16-7(17)2-3-8(16)18/h6H,2-5H2,1H3,(H,15,20). The average molecular weight is 342 g/mol. The molecule has 1 aliphatic heterocycles. The van der Waals surface area contributed by atoms with Gasteiger partial charge in [-0.1, -0.05) is 0 Å². The minimum atomic E-state index is -5.16. The van der Waals surface area contributed by atoms with Gasteiger partial charge >= 0.3 is 18.1 Å². The maximum Gasteiger partial charge on any atom is 0.471 e. The minimum absolute atomic E-state index is 0.141. The maximum atomic E-state index is 12.2. The summed E-state index contributed by atoms with van der Waals surface area (Å²) < 4.78 is 36.7. The Morgan fingerprint density at radius 2 is 1.86 bits per heavy atom. The first-order chi connectivity index (χ1) is 10.2. The lowest BCUT2D eigenvalue weighted by molar-refractivity contribution is -0.200. The number of hydroxylamine groups is 2. The summed E-state index contributed by atoms with van der Waals surface area (Å²) in [6.07, 6.45) is -3.93. The highest BCUT2D eigenvalue weighted by Crippen LogP contribution is 2.17. The van der Waals surface area contributed by atoms with Crippen LogP contribution in [-0.2, 0) is 24.0 Å². The summed E-state index contributed by atoms with van der Waals surface area (Å²) in [5.74, 6) is -4.85. The third-order valence-corrected chi connectivity index (χ3v) is 3.29. The number of hydrogen-bond acceptors (Lipinski definition) is 6. The summed E-state index contributed by atoms with van der Waals surface area (Å²) >= 11 is 1.24. The van der Waals surface area contributed by atoms with E-state index < -0.39 is 35.9 Å². The lowest BCUT2D eigenvalue weighted by Crippen LogP contribution is -2.49. The second-order valence-corrected chi connectivity index (χ2v) is 5.28. The molecular weight excluding hydrogens is 329 g/mol. The van der Waals surface area contributed by atoms with Crippen molar-refractivity contribution in [1.29, 1.82) is 0 Å². The van der Waals surface area contributed by atoms with Gasteiger partial charge in [-0.25, -0.2) is 4.79 Å². The molecule has 11 heteroatoms. The van der Waals surface area contributed by atoms with Gasteiger partial charge in [-0.05, 0) is 18.4 Å².